The van der Waals surface area contributed by atoms with Gasteiger partial charge in [0.25, 0.3) is 0 Å². The molecule has 21 heavy (non-hydrogen) atoms. The molecule has 1 heterocycles. The predicted molar refractivity (Wildman–Crippen MR) is 81.6 cm³/mol. The number of urea groups is 1. The number of nitriles is 1. The van der Waals surface area contributed by atoms with Gasteiger partial charge in [0.2, 0.25) is 0 Å². The fourth-order valence-corrected chi connectivity index (χ4v) is 2.30. The number of carbonyl (C=O) groups is 1. The fourth-order valence-electron chi connectivity index (χ4n) is 2.30. The molecular formula is C13H27N7O. The normalized spacial score (nSPS) is 15.0. The first-order valence-corrected chi connectivity index (χ1v) is 7.47. The Morgan fingerprint density at radius 1 is 1.14 bits per heavy atom. The molecule has 1 aliphatic heterocycles. The van der Waals surface area contributed by atoms with Crippen LogP contribution < -0.4 is 16.8 Å². The summed E-state index contributed by atoms with van der Waals surface area (Å²) in [6.45, 7) is 7.26. The number of nitrogens with one attached hydrogen (secondary N) is 1. The monoisotopic (exact) mass is 297 g/mol. The van der Waals surface area contributed by atoms with Crippen LogP contribution in [0.15, 0.2) is 0 Å². The Bertz CT molecular complexity index is 344. The lowest BCUT2D eigenvalue weighted by Crippen LogP contribution is -2.41. The maximum atomic E-state index is 12.2. The van der Waals surface area contributed by atoms with Crippen LogP contribution in [0.4, 0.5) is 4.79 Å². The third-order valence-electron chi connectivity index (χ3n) is 3.49. The summed E-state index contributed by atoms with van der Waals surface area (Å²) in [6.07, 6.45) is 0. The van der Waals surface area contributed by atoms with Crippen molar-refractivity contribution < 1.29 is 4.79 Å². The minimum Gasteiger partial charge on any atom is -0.329 e. The largest absolute Gasteiger partial charge is 0.329 e. The summed E-state index contributed by atoms with van der Waals surface area (Å²) in [5.41, 5.74) is 10.9. The molecule has 0 bridgehead atoms. The van der Waals surface area contributed by atoms with Crippen molar-refractivity contribution in [2.75, 3.05) is 72.0 Å². The highest BCUT2D eigenvalue weighted by molar-refractivity contribution is 5.76. The zero-order valence-electron chi connectivity index (χ0n) is 12.6. The molecule has 1 rings (SSSR count). The molecule has 0 atom stereocenters. The van der Waals surface area contributed by atoms with Crippen LogP contribution in [0, 0.1) is 11.3 Å². The maximum absolute atomic E-state index is 12.2. The molecule has 5 N–H and O–H groups in total. The van der Waals surface area contributed by atoms with Crippen LogP contribution >= 0.6 is 0 Å². The maximum Gasteiger partial charge on any atom is 0.320 e. The number of rotatable bonds is 11. The van der Waals surface area contributed by atoms with Crippen LogP contribution in [0.1, 0.15) is 0 Å². The average Bonchev–Trinajstić information content (AvgIpc) is 2.82. The van der Waals surface area contributed by atoms with Gasteiger partial charge >= 0.3 is 6.03 Å². The number of nitrogens with zero attached hydrogens (tertiary/aromatic N) is 4. The smallest absolute Gasteiger partial charge is 0.320 e. The van der Waals surface area contributed by atoms with Crippen LogP contribution in [0.25, 0.3) is 0 Å². The van der Waals surface area contributed by atoms with Crippen molar-refractivity contribution >= 4 is 6.03 Å². The molecule has 0 spiro atoms. The molecule has 1 fully saturated rings. The number of hydrogen-bond donors (Lipinski definition) is 3. The molecule has 8 nitrogen and oxygen atoms in total. The summed E-state index contributed by atoms with van der Waals surface area (Å²) in [7, 11) is 0. The van der Waals surface area contributed by atoms with Gasteiger partial charge in [0, 0.05) is 65.4 Å². The van der Waals surface area contributed by atoms with Crippen molar-refractivity contribution in [3.63, 3.8) is 0 Å². The number of nitrogens with two attached hydrogens (primary N) is 2. The Balaban J connectivity index is 2.27. The van der Waals surface area contributed by atoms with Crippen molar-refractivity contribution in [3.05, 3.63) is 0 Å². The molecule has 0 aromatic heterocycles. The van der Waals surface area contributed by atoms with E-state index >= 15 is 0 Å². The second-order valence-corrected chi connectivity index (χ2v) is 5.02. The van der Waals surface area contributed by atoms with E-state index in [4.69, 9.17) is 16.7 Å². The molecule has 8 heteroatoms. The van der Waals surface area contributed by atoms with Crippen molar-refractivity contribution in [2.45, 2.75) is 0 Å². The number of carbonyl (C=O) groups excluding carboxylic acids is 1. The first-order valence-electron chi connectivity index (χ1n) is 7.47. The van der Waals surface area contributed by atoms with E-state index in [0.29, 0.717) is 45.8 Å². The highest BCUT2D eigenvalue weighted by Crippen LogP contribution is 2.07. The molecule has 2 amide bonds. The van der Waals surface area contributed by atoms with Gasteiger partial charge in [-0.3, -0.25) is 4.90 Å². The fraction of sp³-hybridized carbons (Fsp3) is 0.846. The van der Waals surface area contributed by atoms with E-state index in [2.05, 4.69) is 11.4 Å². The van der Waals surface area contributed by atoms with Gasteiger partial charge < -0.3 is 26.6 Å². The molecule has 0 radical (unpaired) electrons. The van der Waals surface area contributed by atoms with Gasteiger partial charge in [0.1, 0.15) is 0 Å². The van der Waals surface area contributed by atoms with Gasteiger partial charge in [0.15, 0.2) is 0 Å². The molecule has 0 aromatic rings. The Morgan fingerprint density at radius 3 is 2.48 bits per heavy atom. The van der Waals surface area contributed by atoms with Crippen molar-refractivity contribution in [3.8, 4) is 6.07 Å². The third-order valence-corrected chi connectivity index (χ3v) is 3.49. The van der Waals surface area contributed by atoms with Crippen molar-refractivity contribution in [1.29, 1.82) is 5.26 Å². The highest BCUT2D eigenvalue weighted by atomic mass is 16.2. The minimum absolute atomic E-state index is 0.0780. The van der Waals surface area contributed by atoms with Crippen LogP contribution in [-0.2, 0) is 0 Å². The molecular weight excluding hydrogens is 270 g/mol. The quantitative estimate of drug-likeness (QED) is 0.302. The Kier molecular flexibility index (Phi) is 8.69. The van der Waals surface area contributed by atoms with Crippen LogP contribution in [0.3, 0.4) is 0 Å². The Morgan fingerprint density at radius 2 is 1.86 bits per heavy atom. The van der Waals surface area contributed by atoms with E-state index < -0.39 is 0 Å². The molecule has 0 saturated carbocycles. The summed E-state index contributed by atoms with van der Waals surface area (Å²) in [6, 6.07) is 2.20. The lowest BCUT2D eigenvalue weighted by atomic mass is 10.4. The van der Waals surface area contributed by atoms with Crippen LogP contribution in [0.2, 0.25) is 0 Å². The van der Waals surface area contributed by atoms with E-state index in [-0.39, 0.29) is 6.03 Å². The zero-order chi connectivity index (χ0) is 15.5. The summed E-state index contributed by atoms with van der Waals surface area (Å²) in [5.74, 6) is 0. The average molecular weight is 297 g/mol. The SMILES string of the molecule is N#CCN(CCN)CCN1CCN(CCNCCN)C1=O. The summed E-state index contributed by atoms with van der Waals surface area (Å²) >= 11 is 0. The lowest BCUT2D eigenvalue weighted by Gasteiger charge is -2.23. The molecule has 0 aromatic carbocycles. The number of hydrogen-bond acceptors (Lipinski definition) is 6. The van der Waals surface area contributed by atoms with E-state index in [1.807, 2.05) is 14.7 Å². The first-order chi connectivity index (χ1) is 10.2. The van der Waals surface area contributed by atoms with Crippen LogP contribution in [0.5, 0.6) is 0 Å². The highest BCUT2D eigenvalue weighted by Gasteiger charge is 2.27. The Hall–Kier alpha value is -1.40. The van der Waals surface area contributed by atoms with Gasteiger partial charge in [0.05, 0.1) is 12.6 Å². The summed E-state index contributed by atoms with van der Waals surface area (Å²) in [4.78, 5) is 17.8. The number of amides is 2. The molecule has 0 aliphatic carbocycles. The third kappa shape index (κ3) is 6.27. The second-order valence-electron chi connectivity index (χ2n) is 5.02. The van der Waals surface area contributed by atoms with E-state index in [1.54, 1.807) is 0 Å². The van der Waals surface area contributed by atoms with Gasteiger partial charge in [-0.15, -0.1) is 0 Å². The summed E-state index contributed by atoms with van der Waals surface area (Å²) < 4.78 is 0. The molecule has 1 saturated heterocycles. The first kappa shape index (κ1) is 17.7. The van der Waals surface area contributed by atoms with Gasteiger partial charge in [-0.2, -0.15) is 5.26 Å². The summed E-state index contributed by atoms with van der Waals surface area (Å²) in [5, 5.41) is 11.9. The molecule has 0 unspecified atom stereocenters. The van der Waals surface area contributed by atoms with Gasteiger partial charge in [-0.1, -0.05) is 0 Å². The predicted octanol–water partition coefficient (Wildman–Crippen LogP) is -1.94. The Labute approximate surface area is 126 Å². The van der Waals surface area contributed by atoms with Crippen LogP contribution in [-0.4, -0.2) is 92.7 Å². The topological polar surface area (TPSA) is 115 Å². The minimum atomic E-state index is 0.0780. The van der Waals surface area contributed by atoms with Crippen molar-refractivity contribution in [1.82, 2.24) is 20.0 Å². The van der Waals surface area contributed by atoms with E-state index in [0.717, 1.165) is 26.2 Å². The van der Waals surface area contributed by atoms with Gasteiger partial charge in [-0.25, -0.2) is 4.79 Å². The van der Waals surface area contributed by atoms with Crippen molar-refractivity contribution in [2.24, 2.45) is 11.5 Å². The second kappa shape index (κ2) is 10.3. The van der Waals surface area contributed by atoms with E-state index in [9.17, 15) is 4.79 Å². The van der Waals surface area contributed by atoms with E-state index in [1.165, 1.54) is 0 Å². The van der Waals surface area contributed by atoms with Gasteiger partial charge in [-0.05, 0) is 0 Å². The standard InChI is InChI=1S/C13H27N7O/c14-1-4-17-5-8-19-11-12-20(13(19)21)10-9-18(6-2-15)7-3-16/h17H,1-2,4-12,14-15H2. The lowest BCUT2D eigenvalue weighted by molar-refractivity contribution is 0.185. The molecule has 120 valence electrons. The molecule has 1 aliphatic rings. The zero-order valence-corrected chi connectivity index (χ0v) is 12.6.